The molecule has 0 N–H and O–H groups in total. The molecule has 0 radical (unpaired) electrons. The molecule has 0 aromatic heterocycles. The van der Waals surface area contributed by atoms with Crippen LogP contribution in [0.15, 0.2) is 60.3 Å². The van der Waals surface area contributed by atoms with E-state index in [1.54, 1.807) is 11.9 Å². The van der Waals surface area contributed by atoms with E-state index in [0.717, 1.165) is 11.3 Å². The topological polar surface area (TPSA) is 20.3 Å². The zero-order valence-electron chi connectivity index (χ0n) is 12.1. The van der Waals surface area contributed by atoms with Crippen molar-refractivity contribution in [1.29, 1.82) is 0 Å². The molecule has 2 nitrogen and oxygen atoms in total. The van der Waals surface area contributed by atoms with E-state index in [2.05, 4.69) is 0 Å². The van der Waals surface area contributed by atoms with Gasteiger partial charge in [-0.1, -0.05) is 35.9 Å². The highest BCUT2D eigenvalue weighted by Crippen LogP contribution is 2.12. The maximum absolute atomic E-state index is 12.4. The second-order valence-corrected chi connectivity index (χ2v) is 4.35. The minimum absolute atomic E-state index is 0.00569. The first-order chi connectivity index (χ1) is 9.10. The van der Waals surface area contributed by atoms with Gasteiger partial charge in [0.05, 0.1) is 0 Å². The molecule has 0 atom stereocenters. The Labute approximate surface area is 115 Å². The molecule has 0 aliphatic rings. The van der Waals surface area contributed by atoms with Gasteiger partial charge in [-0.15, -0.1) is 0 Å². The van der Waals surface area contributed by atoms with E-state index in [4.69, 9.17) is 0 Å². The lowest BCUT2D eigenvalue weighted by Crippen LogP contribution is -2.25. The Morgan fingerprint density at radius 1 is 1.11 bits per heavy atom. The number of benzene rings is 1. The number of allylic oxidation sites excluding steroid dienone is 5. The average molecular weight is 255 g/mol. The molecule has 0 aliphatic carbocycles. The highest BCUT2D eigenvalue weighted by molar-refractivity contribution is 5.95. The smallest absolute Gasteiger partial charge is 0.258 e. The van der Waals surface area contributed by atoms with Crippen molar-refractivity contribution < 1.29 is 4.79 Å². The summed E-state index contributed by atoms with van der Waals surface area (Å²) in [5, 5.41) is 0. The number of carbonyl (C=O) groups is 1. The molecule has 1 aromatic rings. The Bertz CT molecular complexity index is 507. The van der Waals surface area contributed by atoms with Gasteiger partial charge in [0.15, 0.2) is 0 Å². The van der Waals surface area contributed by atoms with Crippen LogP contribution in [0.2, 0.25) is 0 Å². The second kappa shape index (κ2) is 7.37. The highest BCUT2D eigenvalue weighted by atomic mass is 16.2. The summed E-state index contributed by atoms with van der Waals surface area (Å²) in [5.74, 6) is -0.00569. The molecule has 0 aliphatic heterocycles. The van der Waals surface area contributed by atoms with Crippen molar-refractivity contribution >= 4 is 5.91 Å². The van der Waals surface area contributed by atoms with Crippen molar-refractivity contribution in [2.24, 2.45) is 0 Å². The first-order valence-electron chi connectivity index (χ1n) is 6.40. The molecule has 0 saturated carbocycles. The van der Waals surface area contributed by atoms with Crippen LogP contribution in [-0.2, 0) is 0 Å². The maximum atomic E-state index is 12.4. The van der Waals surface area contributed by atoms with Gasteiger partial charge in [0.25, 0.3) is 5.91 Å². The Balaban J connectivity index is 2.99. The molecule has 0 unspecified atom stereocenters. The van der Waals surface area contributed by atoms with Gasteiger partial charge in [-0.25, -0.2) is 0 Å². The minimum Gasteiger partial charge on any atom is -0.311 e. The number of carbonyl (C=O) groups excluding carboxylic acids is 1. The molecule has 0 fully saturated rings. The minimum atomic E-state index is -0.00569. The Morgan fingerprint density at radius 2 is 1.74 bits per heavy atom. The molecule has 0 spiro atoms. The predicted molar refractivity (Wildman–Crippen MR) is 81.0 cm³/mol. The maximum Gasteiger partial charge on any atom is 0.258 e. The van der Waals surface area contributed by atoms with Gasteiger partial charge >= 0.3 is 0 Å². The third-order valence-electron chi connectivity index (χ3n) is 2.79. The van der Waals surface area contributed by atoms with E-state index in [1.165, 1.54) is 0 Å². The SMILES string of the molecule is C/C=C/C=C(\C=C\C)N(C)C(=O)c1ccc(C)cc1. The molecule has 1 amide bonds. The zero-order valence-corrected chi connectivity index (χ0v) is 12.1. The van der Waals surface area contributed by atoms with Crippen LogP contribution in [0, 0.1) is 6.92 Å². The number of hydrogen-bond donors (Lipinski definition) is 0. The molecule has 0 saturated heterocycles. The zero-order chi connectivity index (χ0) is 14.3. The number of amides is 1. The number of aryl methyl sites for hydroxylation is 1. The van der Waals surface area contributed by atoms with Gasteiger partial charge in [0, 0.05) is 18.3 Å². The molecule has 0 bridgehead atoms. The lowest BCUT2D eigenvalue weighted by atomic mass is 10.1. The molecule has 19 heavy (non-hydrogen) atoms. The van der Waals surface area contributed by atoms with E-state index in [-0.39, 0.29) is 5.91 Å². The molecular formula is C17H21NO. The highest BCUT2D eigenvalue weighted by Gasteiger charge is 2.13. The Kier molecular flexibility index (Phi) is 5.80. The average Bonchev–Trinajstić information content (AvgIpc) is 2.42. The van der Waals surface area contributed by atoms with Crippen molar-refractivity contribution in [1.82, 2.24) is 4.90 Å². The van der Waals surface area contributed by atoms with Crippen LogP contribution in [0.3, 0.4) is 0 Å². The van der Waals surface area contributed by atoms with Crippen molar-refractivity contribution in [2.45, 2.75) is 20.8 Å². The summed E-state index contributed by atoms with van der Waals surface area (Å²) in [6.07, 6.45) is 9.63. The van der Waals surface area contributed by atoms with Gasteiger partial charge < -0.3 is 4.90 Å². The number of rotatable bonds is 4. The molecule has 1 rings (SSSR count). The standard InChI is InChI=1S/C17H21NO/c1-5-7-9-16(8-6-2)18(4)17(19)15-12-10-14(3)11-13-15/h5-13H,1-4H3/b7-5+,8-6+,16-9+. The van der Waals surface area contributed by atoms with Crippen LogP contribution in [0.5, 0.6) is 0 Å². The van der Waals surface area contributed by atoms with Crippen LogP contribution in [0.4, 0.5) is 0 Å². The monoisotopic (exact) mass is 255 g/mol. The quantitative estimate of drug-likeness (QED) is 0.742. The summed E-state index contributed by atoms with van der Waals surface area (Å²) in [5.41, 5.74) is 2.72. The summed E-state index contributed by atoms with van der Waals surface area (Å²) < 4.78 is 0. The lowest BCUT2D eigenvalue weighted by molar-refractivity contribution is 0.0840. The van der Waals surface area contributed by atoms with E-state index in [0.29, 0.717) is 5.56 Å². The van der Waals surface area contributed by atoms with Gasteiger partial charge in [-0.3, -0.25) is 4.79 Å². The first-order valence-corrected chi connectivity index (χ1v) is 6.40. The fourth-order valence-corrected chi connectivity index (χ4v) is 1.65. The largest absolute Gasteiger partial charge is 0.311 e. The van der Waals surface area contributed by atoms with E-state index in [9.17, 15) is 4.79 Å². The van der Waals surface area contributed by atoms with Crippen molar-refractivity contribution in [2.75, 3.05) is 7.05 Å². The van der Waals surface area contributed by atoms with Crippen molar-refractivity contribution in [3.63, 3.8) is 0 Å². The van der Waals surface area contributed by atoms with Gasteiger partial charge in [-0.2, -0.15) is 0 Å². The van der Waals surface area contributed by atoms with Crippen LogP contribution >= 0.6 is 0 Å². The fourth-order valence-electron chi connectivity index (χ4n) is 1.65. The van der Waals surface area contributed by atoms with Gasteiger partial charge in [-0.05, 0) is 45.1 Å². The summed E-state index contributed by atoms with van der Waals surface area (Å²) in [6, 6.07) is 7.62. The van der Waals surface area contributed by atoms with E-state index < -0.39 is 0 Å². The van der Waals surface area contributed by atoms with Crippen molar-refractivity contribution in [3.8, 4) is 0 Å². The number of hydrogen-bond acceptors (Lipinski definition) is 1. The van der Waals surface area contributed by atoms with Crippen LogP contribution < -0.4 is 0 Å². The van der Waals surface area contributed by atoms with Crippen LogP contribution in [0.25, 0.3) is 0 Å². The molecule has 2 heteroatoms. The first kappa shape index (κ1) is 15.0. The predicted octanol–water partition coefficient (Wildman–Crippen LogP) is 4.10. The summed E-state index contributed by atoms with van der Waals surface area (Å²) in [4.78, 5) is 14.0. The Hall–Kier alpha value is -2.09. The molecule has 100 valence electrons. The van der Waals surface area contributed by atoms with Gasteiger partial charge in [0.1, 0.15) is 0 Å². The molecule has 0 heterocycles. The molecule has 1 aromatic carbocycles. The van der Waals surface area contributed by atoms with Crippen LogP contribution in [0.1, 0.15) is 29.8 Å². The van der Waals surface area contributed by atoms with Gasteiger partial charge in [0.2, 0.25) is 0 Å². The summed E-state index contributed by atoms with van der Waals surface area (Å²) in [7, 11) is 1.79. The number of nitrogens with zero attached hydrogens (tertiary/aromatic N) is 1. The summed E-state index contributed by atoms with van der Waals surface area (Å²) in [6.45, 7) is 5.90. The lowest BCUT2D eigenvalue weighted by Gasteiger charge is -2.18. The number of likely N-dealkylation sites (N-methyl/N-ethyl adjacent to an activating group) is 1. The van der Waals surface area contributed by atoms with Crippen molar-refractivity contribution in [3.05, 3.63) is 71.5 Å². The van der Waals surface area contributed by atoms with Crippen LogP contribution in [-0.4, -0.2) is 17.9 Å². The van der Waals surface area contributed by atoms with E-state index >= 15 is 0 Å². The Morgan fingerprint density at radius 3 is 2.26 bits per heavy atom. The molecular weight excluding hydrogens is 234 g/mol. The third kappa shape index (κ3) is 4.25. The third-order valence-corrected chi connectivity index (χ3v) is 2.79. The normalized spacial score (nSPS) is 12.3. The van der Waals surface area contributed by atoms with E-state index in [1.807, 2.05) is 75.4 Å². The fraction of sp³-hybridized carbons (Fsp3) is 0.235. The second-order valence-electron chi connectivity index (χ2n) is 4.35. The summed E-state index contributed by atoms with van der Waals surface area (Å²) >= 11 is 0.